The number of carbonyl (C=O) groups excluding carboxylic acids is 1. The van der Waals surface area contributed by atoms with Crippen LogP contribution in [0.2, 0.25) is 0 Å². The zero-order valence-electron chi connectivity index (χ0n) is 15.3. The smallest absolute Gasteiger partial charge is 0.255 e. The first-order valence-corrected chi connectivity index (χ1v) is 9.95. The van der Waals surface area contributed by atoms with Crippen molar-refractivity contribution in [2.45, 2.75) is 26.7 Å². The first-order valence-electron chi connectivity index (χ1n) is 9.15. The lowest BCUT2D eigenvalue weighted by Gasteiger charge is -2.32. The Balaban J connectivity index is 1.63. The predicted molar refractivity (Wildman–Crippen MR) is 110 cm³/mol. The van der Waals surface area contributed by atoms with Gasteiger partial charge in [0, 0.05) is 30.0 Å². The van der Waals surface area contributed by atoms with E-state index in [1.807, 2.05) is 25.1 Å². The van der Waals surface area contributed by atoms with Crippen LogP contribution < -0.4 is 15.0 Å². The van der Waals surface area contributed by atoms with Crippen molar-refractivity contribution < 1.29 is 9.53 Å². The van der Waals surface area contributed by atoms with Crippen molar-refractivity contribution in [1.29, 1.82) is 0 Å². The van der Waals surface area contributed by atoms with Gasteiger partial charge in [0.25, 0.3) is 5.91 Å². The molecule has 26 heavy (non-hydrogen) atoms. The van der Waals surface area contributed by atoms with Gasteiger partial charge in [-0.25, -0.2) is 0 Å². The lowest BCUT2D eigenvalue weighted by Crippen LogP contribution is -2.32. The third-order valence-corrected chi connectivity index (χ3v) is 5.39. The Morgan fingerprint density at radius 3 is 2.50 bits per heavy atom. The van der Waals surface area contributed by atoms with Gasteiger partial charge in [-0.05, 0) is 84.1 Å². The van der Waals surface area contributed by atoms with E-state index in [4.69, 9.17) is 4.74 Å². The number of amides is 1. The van der Waals surface area contributed by atoms with Crippen molar-refractivity contribution in [3.05, 3.63) is 52.5 Å². The van der Waals surface area contributed by atoms with Crippen LogP contribution in [-0.4, -0.2) is 25.6 Å². The first-order chi connectivity index (χ1) is 12.6. The number of halogens is 1. The Morgan fingerprint density at radius 1 is 1.19 bits per heavy atom. The average Bonchev–Trinajstić information content (AvgIpc) is 2.65. The molecule has 1 saturated heterocycles. The Labute approximate surface area is 163 Å². The van der Waals surface area contributed by atoms with Gasteiger partial charge in [-0.1, -0.05) is 6.92 Å². The van der Waals surface area contributed by atoms with Crippen molar-refractivity contribution in [3.8, 4) is 5.75 Å². The van der Waals surface area contributed by atoms with Crippen molar-refractivity contribution >= 4 is 33.2 Å². The van der Waals surface area contributed by atoms with Gasteiger partial charge in [-0.15, -0.1) is 0 Å². The van der Waals surface area contributed by atoms with Crippen molar-refractivity contribution in [2.75, 3.05) is 29.9 Å². The average molecular weight is 417 g/mol. The van der Waals surface area contributed by atoms with Crippen LogP contribution in [0.25, 0.3) is 0 Å². The Kier molecular flexibility index (Phi) is 6.20. The quantitative estimate of drug-likeness (QED) is 0.715. The summed E-state index contributed by atoms with van der Waals surface area (Å²) in [6.45, 7) is 7.04. The maximum atomic E-state index is 12.5. The van der Waals surface area contributed by atoms with Gasteiger partial charge in [0.15, 0.2) is 0 Å². The topological polar surface area (TPSA) is 41.6 Å². The molecule has 0 bridgehead atoms. The van der Waals surface area contributed by atoms with E-state index in [0.717, 1.165) is 34.9 Å². The van der Waals surface area contributed by atoms with Crippen LogP contribution >= 0.6 is 15.9 Å². The van der Waals surface area contributed by atoms with E-state index in [9.17, 15) is 4.79 Å². The third-order valence-electron chi connectivity index (χ3n) is 4.77. The normalized spacial score (nSPS) is 15.0. The molecule has 1 N–H and O–H groups in total. The van der Waals surface area contributed by atoms with Crippen LogP contribution in [0.3, 0.4) is 0 Å². The summed E-state index contributed by atoms with van der Waals surface area (Å²) < 4.78 is 6.26. The number of hydrogen-bond acceptors (Lipinski definition) is 3. The van der Waals surface area contributed by atoms with E-state index in [1.54, 1.807) is 12.1 Å². The molecular formula is C21H25BrN2O2. The number of ether oxygens (including phenoxy) is 1. The molecule has 0 aliphatic carbocycles. The predicted octanol–water partition coefficient (Wildman–Crippen LogP) is 5.34. The highest BCUT2D eigenvalue weighted by Crippen LogP contribution is 2.27. The molecule has 1 aliphatic heterocycles. The highest BCUT2D eigenvalue weighted by Gasteiger charge is 2.16. The number of carbonyl (C=O) groups is 1. The van der Waals surface area contributed by atoms with Crippen molar-refractivity contribution in [3.63, 3.8) is 0 Å². The highest BCUT2D eigenvalue weighted by atomic mass is 79.9. The van der Waals surface area contributed by atoms with Crippen molar-refractivity contribution in [1.82, 2.24) is 0 Å². The molecule has 1 heterocycles. The van der Waals surface area contributed by atoms with E-state index < -0.39 is 0 Å². The maximum Gasteiger partial charge on any atom is 0.255 e. The monoisotopic (exact) mass is 416 g/mol. The molecule has 5 heteroatoms. The van der Waals surface area contributed by atoms with Gasteiger partial charge in [0.2, 0.25) is 0 Å². The van der Waals surface area contributed by atoms with Crippen molar-refractivity contribution in [2.24, 2.45) is 5.92 Å². The third kappa shape index (κ3) is 4.58. The molecule has 138 valence electrons. The fourth-order valence-corrected chi connectivity index (χ4v) is 3.63. The second-order valence-corrected chi connectivity index (χ2v) is 7.60. The summed E-state index contributed by atoms with van der Waals surface area (Å²) in [4.78, 5) is 14.9. The van der Waals surface area contributed by atoms with Gasteiger partial charge in [0.1, 0.15) is 5.75 Å². The van der Waals surface area contributed by atoms with E-state index in [-0.39, 0.29) is 5.91 Å². The zero-order valence-corrected chi connectivity index (χ0v) is 16.9. The standard InChI is InChI=1S/C21H25BrN2O2/c1-3-26-20-9-4-16(14-19(20)22)21(25)23-17-5-7-18(8-6-17)24-12-10-15(2)11-13-24/h4-9,14-15H,3,10-13H2,1-2H3,(H,23,25). The second-order valence-electron chi connectivity index (χ2n) is 6.75. The Hall–Kier alpha value is -2.01. The molecule has 0 aromatic heterocycles. The van der Waals surface area contributed by atoms with E-state index in [0.29, 0.717) is 12.2 Å². The SMILES string of the molecule is CCOc1ccc(C(=O)Nc2ccc(N3CCC(C)CC3)cc2)cc1Br. The molecular weight excluding hydrogens is 392 g/mol. The molecule has 3 rings (SSSR count). The maximum absolute atomic E-state index is 12.5. The minimum atomic E-state index is -0.131. The summed E-state index contributed by atoms with van der Waals surface area (Å²) in [7, 11) is 0. The molecule has 4 nitrogen and oxygen atoms in total. The minimum Gasteiger partial charge on any atom is -0.493 e. The number of nitrogens with zero attached hydrogens (tertiary/aromatic N) is 1. The van der Waals surface area contributed by atoms with Crippen LogP contribution in [-0.2, 0) is 0 Å². The fraction of sp³-hybridized carbons (Fsp3) is 0.381. The summed E-state index contributed by atoms with van der Waals surface area (Å²) in [5, 5.41) is 2.95. The Morgan fingerprint density at radius 2 is 1.88 bits per heavy atom. The molecule has 0 radical (unpaired) electrons. The van der Waals surface area contributed by atoms with Crippen LogP contribution in [0.5, 0.6) is 5.75 Å². The van der Waals surface area contributed by atoms with Crippen LogP contribution in [0, 0.1) is 5.92 Å². The van der Waals surface area contributed by atoms with Gasteiger partial charge in [0.05, 0.1) is 11.1 Å². The van der Waals surface area contributed by atoms with Gasteiger partial charge >= 0.3 is 0 Å². The zero-order chi connectivity index (χ0) is 18.5. The summed E-state index contributed by atoms with van der Waals surface area (Å²) in [5.74, 6) is 1.43. The van der Waals surface area contributed by atoms with E-state index in [1.165, 1.54) is 18.5 Å². The lowest BCUT2D eigenvalue weighted by molar-refractivity contribution is 0.102. The van der Waals surface area contributed by atoms with Gasteiger partial charge < -0.3 is 15.0 Å². The summed E-state index contributed by atoms with van der Waals surface area (Å²) in [5.41, 5.74) is 2.61. The minimum absolute atomic E-state index is 0.131. The van der Waals surface area contributed by atoms with Crippen LogP contribution in [0.4, 0.5) is 11.4 Å². The number of rotatable bonds is 5. The van der Waals surface area contributed by atoms with Crippen LogP contribution in [0.1, 0.15) is 37.0 Å². The highest BCUT2D eigenvalue weighted by molar-refractivity contribution is 9.10. The van der Waals surface area contributed by atoms with Gasteiger partial charge in [-0.3, -0.25) is 4.79 Å². The molecule has 2 aromatic rings. The number of piperidine rings is 1. The molecule has 0 atom stereocenters. The molecule has 0 spiro atoms. The van der Waals surface area contributed by atoms with Crippen LogP contribution in [0.15, 0.2) is 46.9 Å². The van der Waals surface area contributed by atoms with E-state index >= 15 is 0 Å². The summed E-state index contributed by atoms with van der Waals surface area (Å²) in [6, 6.07) is 13.5. The second kappa shape index (κ2) is 8.58. The molecule has 1 amide bonds. The molecule has 2 aromatic carbocycles. The molecule has 0 unspecified atom stereocenters. The lowest BCUT2D eigenvalue weighted by atomic mass is 9.99. The summed E-state index contributed by atoms with van der Waals surface area (Å²) in [6.07, 6.45) is 2.48. The molecule has 1 aliphatic rings. The number of anilines is 2. The number of nitrogens with one attached hydrogen (secondary N) is 1. The first kappa shape index (κ1) is 18.8. The number of hydrogen-bond donors (Lipinski definition) is 1. The van der Waals surface area contributed by atoms with Gasteiger partial charge in [-0.2, -0.15) is 0 Å². The molecule has 1 fully saturated rings. The van der Waals surface area contributed by atoms with E-state index in [2.05, 4.69) is 45.2 Å². The largest absolute Gasteiger partial charge is 0.493 e. The number of benzene rings is 2. The Bertz CT molecular complexity index is 753. The summed E-state index contributed by atoms with van der Waals surface area (Å²) >= 11 is 3.45. The molecule has 0 saturated carbocycles. The fourth-order valence-electron chi connectivity index (χ4n) is 3.14.